The molecule has 0 spiro atoms. The van der Waals surface area contributed by atoms with Gasteiger partial charge in [0.1, 0.15) is 12.4 Å². The van der Waals surface area contributed by atoms with Gasteiger partial charge >= 0.3 is 0 Å². The van der Waals surface area contributed by atoms with E-state index in [0.29, 0.717) is 28.6 Å². The number of nitrogens with two attached hydrogens (primary N) is 1. The van der Waals surface area contributed by atoms with Gasteiger partial charge in [-0.3, -0.25) is 4.79 Å². The van der Waals surface area contributed by atoms with Crippen LogP contribution in [0.2, 0.25) is 5.02 Å². The van der Waals surface area contributed by atoms with Gasteiger partial charge < -0.3 is 25.6 Å². The number of carbonyl (C=O) groups excluding carboxylic acids is 1. The molecule has 6 nitrogen and oxygen atoms in total. The molecule has 2 aromatic rings. The minimum Gasteiger partial charge on any atom is -0.488 e. The maximum atomic E-state index is 13.1. The molecule has 1 atom stereocenters. The van der Waals surface area contributed by atoms with Crippen molar-refractivity contribution in [3.63, 3.8) is 0 Å². The fraction of sp³-hybridized carbons (Fsp3) is 0.409. The van der Waals surface area contributed by atoms with Crippen LogP contribution in [0.3, 0.4) is 0 Å². The number of nitrogen functional groups attached to an aromatic ring is 1. The number of carbonyl (C=O) groups is 1. The molecule has 0 bridgehead atoms. The van der Waals surface area contributed by atoms with Crippen LogP contribution in [0, 0.1) is 0 Å². The quantitative estimate of drug-likeness (QED) is 0.708. The van der Waals surface area contributed by atoms with Crippen molar-refractivity contribution >= 4 is 23.2 Å². The summed E-state index contributed by atoms with van der Waals surface area (Å²) < 4.78 is 5.94. The summed E-state index contributed by atoms with van der Waals surface area (Å²) in [4.78, 5) is 17.7. The van der Waals surface area contributed by atoms with Crippen molar-refractivity contribution in [3.8, 4) is 5.75 Å². The Bertz CT molecular complexity index is 831. The number of nitrogens with zero attached hydrogens (tertiary/aromatic N) is 2. The maximum Gasteiger partial charge on any atom is 0.255 e. The van der Waals surface area contributed by atoms with Crippen LogP contribution in [0.15, 0.2) is 42.5 Å². The first-order valence-corrected chi connectivity index (χ1v) is 10.3. The number of benzene rings is 2. The molecule has 1 fully saturated rings. The summed E-state index contributed by atoms with van der Waals surface area (Å²) in [6.45, 7) is 7.04. The zero-order valence-corrected chi connectivity index (χ0v) is 17.8. The highest BCUT2D eigenvalue weighted by Gasteiger charge is 2.24. The minimum absolute atomic E-state index is 0.0215. The van der Waals surface area contributed by atoms with Gasteiger partial charge in [-0.15, -0.1) is 0 Å². The number of amides is 1. The molecule has 0 aromatic heterocycles. The topological polar surface area (TPSA) is 70.8 Å². The third kappa shape index (κ3) is 5.85. The average molecular weight is 417 g/mol. The van der Waals surface area contributed by atoms with E-state index >= 15 is 0 Å². The fourth-order valence-corrected chi connectivity index (χ4v) is 3.65. The number of nitrogens with one attached hydrogen (secondary N) is 1. The van der Waals surface area contributed by atoms with Crippen molar-refractivity contribution in [2.75, 3.05) is 45.5 Å². The number of anilines is 1. The number of rotatable bonds is 6. The number of likely N-dealkylation sites (N-methyl/N-ethyl adjacent to an activating group) is 2. The summed E-state index contributed by atoms with van der Waals surface area (Å²) >= 11 is 6.21. The van der Waals surface area contributed by atoms with E-state index < -0.39 is 0 Å². The molecular weight excluding hydrogens is 388 g/mol. The normalized spacial score (nSPS) is 18.2. The molecule has 1 amide bonds. The second-order valence-corrected chi connectivity index (χ2v) is 7.88. The SMILES string of the molecule is CCN1CCN(C)CC(NC(=O)c2cc(Cl)c(N)cc2OCc2ccccc2)C1. The van der Waals surface area contributed by atoms with Crippen LogP contribution < -0.4 is 15.8 Å². The van der Waals surface area contributed by atoms with E-state index in [4.69, 9.17) is 22.1 Å². The Morgan fingerprint density at radius 1 is 1.24 bits per heavy atom. The van der Waals surface area contributed by atoms with Crippen LogP contribution in [0.5, 0.6) is 5.75 Å². The fourth-order valence-electron chi connectivity index (χ4n) is 3.48. The van der Waals surface area contributed by atoms with Crippen molar-refractivity contribution < 1.29 is 9.53 Å². The molecule has 1 saturated heterocycles. The third-order valence-electron chi connectivity index (χ3n) is 5.17. The zero-order chi connectivity index (χ0) is 20.8. The van der Waals surface area contributed by atoms with E-state index in [0.717, 1.165) is 38.3 Å². The molecule has 1 unspecified atom stereocenters. The number of ether oxygens (including phenoxy) is 1. The molecule has 0 saturated carbocycles. The van der Waals surface area contributed by atoms with E-state index in [1.165, 1.54) is 0 Å². The molecule has 1 aliphatic heterocycles. The van der Waals surface area contributed by atoms with Crippen molar-refractivity contribution in [3.05, 3.63) is 58.6 Å². The van der Waals surface area contributed by atoms with Gasteiger partial charge in [0.05, 0.1) is 22.3 Å². The second kappa shape index (κ2) is 9.96. The van der Waals surface area contributed by atoms with Crippen LogP contribution in [0.1, 0.15) is 22.8 Å². The summed E-state index contributed by atoms with van der Waals surface area (Å²) in [6.07, 6.45) is 0. The Morgan fingerprint density at radius 3 is 2.72 bits per heavy atom. The van der Waals surface area contributed by atoms with Crippen LogP contribution >= 0.6 is 11.6 Å². The summed E-state index contributed by atoms with van der Waals surface area (Å²) in [5.41, 5.74) is 7.76. The maximum absolute atomic E-state index is 13.1. The zero-order valence-electron chi connectivity index (χ0n) is 17.0. The Labute approximate surface area is 177 Å². The monoisotopic (exact) mass is 416 g/mol. The molecule has 1 heterocycles. The first kappa shape index (κ1) is 21.4. The molecule has 156 valence electrons. The number of halogens is 1. The van der Waals surface area contributed by atoms with Gasteiger partial charge in [0.2, 0.25) is 0 Å². The Balaban J connectivity index is 1.77. The summed E-state index contributed by atoms with van der Waals surface area (Å²) in [7, 11) is 2.08. The highest BCUT2D eigenvalue weighted by Crippen LogP contribution is 2.30. The summed E-state index contributed by atoms with van der Waals surface area (Å²) in [6, 6.07) is 13.0. The smallest absolute Gasteiger partial charge is 0.255 e. The summed E-state index contributed by atoms with van der Waals surface area (Å²) in [5, 5.41) is 3.50. The molecule has 0 radical (unpaired) electrons. The van der Waals surface area contributed by atoms with Gasteiger partial charge in [0.15, 0.2) is 0 Å². The Morgan fingerprint density at radius 2 is 2.00 bits per heavy atom. The van der Waals surface area contributed by atoms with Crippen LogP contribution in [0.25, 0.3) is 0 Å². The van der Waals surface area contributed by atoms with Gasteiger partial charge in [-0.05, 0) is 25.2 Å². The Kier molecular flexibility index (Phi) is 7.36. The molecule has 7 heteroatoms. The lowest BCUT2D eigenvalue weighted by molar-refractivity contribution is 0.0920. The lowest BCUT2D eigenvalue weighted by atomic mass is 10.1. The number of hydrogen-bond acceptors (Lipinski definition) is 5. The largest absolute Gasteiger partial charge is 0.488 e. The van der Waals surface area contributed by atoms with E-state index in [2.05, 4.69) is 29.1 Å². The molecular formula is C22H29ClN4O2. The van der Waals surface area contributed by atoms with Crippen LogP contribution in [-0.4, -0.2) is 61.5 Å². The van der Waals surface area contributed by atoms with Crippen molar-refractivity contribution in [2.24, 2.45) is 0 Å². The lowest BCUT2D eigenvalue weighted by Gasteiger charge is -2.24. The average Bonchev–Trinajstić information content (AvgIpc) is 2.89. The molecule has 1 aliphatic rings. The van der Waals surface area contributed by atoms with Crippen molar-refractivity contribution in [1.29, 1.82) is 0 Å². The van der Waals surface area contributed by atoms with Gasteiger partial charge in [0.25, 0.3) is 5.91 Å². The van der Waals surface area contributed by atoms with E-state index in [1.807, 2.05) is 30.3 Å². The molecule has 29 heavy (non-hydrogen) atoms. The lowest BCUT2D eigenvalue weighted by Crippen LogP contribution is -2.46. The van der Waals surface area contributed by atoms with Crippen LogP contribution in [0.4, 0.5) is 5.69 Å². The molecule has 2 aromatic carbocycles. The van der Waals surface area contributed by atoms with Crippen LogP contribution in [-0.2, 0) is 6.61 Å². The highest BCUT2D eigenvalue weighted by molar-refractivity contribution is 6.33. The third-order valence-corrected chi connectivity index (χ3v) is 5.50. The van der Waals surface area contributed by atoms with Crippen molar-refractivity contribution in [2.45, 2.75) is 19.6 Å². The van der Waals surface area contributed by atoms with Gasteiger partial charge in [0, 0.05) is 32.2 Å². The molecule has 3 N–H and O–H groups in total. The Hall–Kier alpha value is -2.28. The second-order valence-electron chi connectivity index (χ2n) is 7.47. The first-order chi connectivity index (χ1) is 14.0. The predicted molar refractivity (Wildman–Crippen MR) is 118 cm³/mol. The predicted octanol–water partition coefficient (Wildman–Crippen LogP) is 2.87. The molecule has 0 aliphatic carbocycles. The summed E-state index contributed by atoms with van der Waals surface area (Å²) in [5.74, 6) is 0.230. The van der Waals surface area contributed by atoms with Gasteiger partial charge in [-0.1, -0.05) is 48.9 Å². The highest BCUT2D eigenvalue weighted by atomic mass is 35.5. The first-order valence-electron chi connectivity index (χ1n) is 9.93. The van der Waals surface area contributed by atoms with E-state index in [9.17, 15) is 4.79 Å². The standard InChI is InChI=1S/C22H29ClN4O2/c1-3-27-10-9-26(2)13-17(14-27)25-22(28)18-11-19(23)20(24)12-21(18)29-15-16-7-5-4-6-8-16/h4-8,11-12,17H,3,9-10,13-15,24H2,1-2H3,(H,25,28). The van der Waals surface area contributed by atoms with Gasteiger partial charge in [-0.25, -0.2) is 0 Å². The van der Waals surface area contributed by atoms with Crippen molar-refractivity contribution in [1.82, 2.24) is 15.1 Å². The number of hydrogen-bond donors (Lipinski definition) is 2. The molecule has 3 rings (SSSR count). The minimum atomic E-state index is -0.202. The van der Waals surface area contributed by atoms with E-state index in [1.54, 1.807) is 12.1 Å². The van der Waals surface area contributed by atoms with E-state index in [-0.39, 0.29) is 11.9 Å². The van der Waals surface area contributed by atoms with Gasteiger partial charge in [-0.2, -0.15) is 0 Å².